The van der Waals surface area contributed by atoms with Crippen molar-refractivity contribution < 1.29 is 9.90 Å². The zero-order chi connectivity index (χ0) is 18.2. The number of aliphatic imine (C=N–C) groups is 1. The molecule has 0 spiro atoms. The second-order valence-electron chi connectivity index (χ2n) is 6.60. The van der Waals surface area contributed by atoms with Crippen LogP contribution in [0.1, 0.15) is 35.7 Å². The normalized spacial score (nSPS) is 15.4. The summed E-state index contributed by atoms with van der Waals surface area (Å²) in [4.78, 5) is 20.6. The number of amides is 1. The first-order valence-electron chi connectivity index (χ1n) is 9.03. The number of guanidine groups is 1. The van der Waals surface area contributed by atoms with Gasteiger partial charge in [-0.05, 0) is 43.9 Å². The SMILES string of the molecule is CCNC(=NCCc1cccc(C(=O)N(C)C)c1)N1CCC(O)CC1.I. The lowest BCUT2D eigenvalue weighted by molar-refractivity contribution is 0.0827. The van der Waals surface area contributed by atoms with Crippen LogP contribution in [0.2, 0.25) is 0 Å². The summed E-state index contributed by atoms with van der Waals surface area (Å²) in [6.07, 6.45) is 2.19. The number of piperidine rings is 1. The van der Waals surface area contributed by atoms with Gasteiger partial charge in [0.25, 0.3) is 5.91 Å². The third-order valence-corrected chi connectivity index (χ3v) is 4.34. The van der Waals surface area contributed by atoms with Crippen LogP contribution in [0.4, 0.5) is 0 Å². The van der Waals surface area contributed by atoms with Crippen molar-refractivity contribution in [1.82, 2.24) is 15.1 Å². The second kappa shape index (κ2) is 11.4. The highest BCUT2D eigenvalue weighted by Crippen LogP contribution is 2.11. The fraction of sp³-hybridized carbons (Fsp3) is 0.579. The van der Waals surface area contributed by atoms with Gasteiger partial charge in [-0.15, -0.1) is 24.0 Å². The lowest BCUT2D eigenvalue weighted by Crippen LogP contribution is -2.46. The number of carbonyl (C=O) groups excluding carboxylic acids is 1. The van der Waals surface area contributed by atoms with Crippen LogP contribution in [-0.4, -0.2) is 73.2 Å². The van der Waals surface area contributed by atoms with Crippen LogP contribution in [0.25, 0.3) is 0 Å². The second-order valence-corrected chi connectivity index (χ2v) is 6.60. The van der Waals surface area contributed by atoms with Gasteiger partial charge in [0.2, 0.25) is 0 Å². The molecule has 2 N–H and O–H groups in total. The summed E-state index contributed by atoms with van der Waals surface area (Å²) in [5.74, 6) is 0.931. The van der Waals surface area contributed by atoms with Crippen molar-refractivity contribution in [3.8, 4) is 0 Å². The first kappa shape index (κ1) is 22.7. The van der Waals surface area contributed by atoms with E-state index in [-0.39, 0.29) is 36.0 Å². The van der Waals surface area contributed by atoms with Crippen molar-refractivity contribution in [3.05, 3.63) is 35.4 Å². The van der Waals surface area contributed by atoms with Gasteiger partial charge in [0.15, 0.2) is 5.96 Å². The topological polar surface area (TPSA) is 68.2 Å². The van der Waals surface area contributed by atoms with Gasteiger partial charge in [0.05, 0.1) is 6.10 Å². The first-order valence-corrected chi connectivity index (χ1v) is 9.03. The van der Waals surface area contributed by atoms with E-state index in [4.69, 9.17) is 4.99 Å². The lowest BCUT2D eigenvalue weighted by atomic mass is 10.1. The Morgan fingerprint density at radius 3 is 2.65 bits per heavy atom. The highest BCUT2D eigenvalue weighted by Gasteiger charge is 2.19. The van der Waals surface area contributed by atoms with Crippen LogP contribution in [0.3, 0.4) is 0 Å². The number of aliphatic hydroxyl groups is 1. The molecule has 1 aliphatic heterocycles. The minimum absolute atomic E-state index is 0. The third-order valence-electron chi connectivity index (χ3n) is 4.34. The number of nitrogens with zero attached hydrogens (tertiary/aromatic N) is 3. The van der Waals surface area contributed by atoms with Crippen molar-refractivity contribution >= 4 is 35.8 Å². The number of rotatable bonds is 5. The van der Waals surface area contributed by atoms with E-state index in [1.807, 2.05) is 24.3 Å². The van der Waals surface area contributed by atoms with E-state index in [0.717, 1.165) is 50.4 Å². The standard InChI is InChI=1S/C19H30N4O2.HI/c1-4-20-19(23-12-9-17(24)10-13-23)21-11-8-15-6-5-7-16(14-15)18(25)22(2)3;/h5-7,14,17,24H,4,8-13H2,1-3H3,(H,20,21);1H. The average Bonchev–Trinajstić information content (AvgIpc) is 2.61. The van der Waals surface area contributed by atoms with Crippen LogP contribution < -0.4 is 5.32 Å². The number of hydrogen-bond acceptors (Lipinski definition) is 3. The summed E-state index contributed by atoms with van der Waals surface area (Å²) < 4.78 is 0. The molecule has 0 aliphatic carbocycles. The zero-order valence-electron chi connectivity index (χ0n) is 15.9. The number of likely N-dealkylation sites (tertiary alicyclic amines) is 1. The maximum Gasteiger partial charge on any atom is 0.253 e. The molecule has 1 saturated heterocycles. The van der Waals surface area contributed by atoms with Gasteiger partial charge in [-0.1, -0.05) is 12.1 Å². The molecule has 1 aromatic carbocycles. The minimum atomic E-state index is -0.184. The van der Waals surface area contributed by atoms with Crippen molar-refractivity contribution in [1.29, 1.82) is 0 Å². The van der Waals surface area contributed by atoms with Crippen LogP contribution in [-0.2, 0) is 6.42 Å². The van der Waals surface area contributed by atoms with Crippen LogP contribution in [0.5, 0.6) is 0 Å². The molecule has 0 aromatic heterocycles. The van der Waals surface area contributed by atoms with Crippen molar-refractivity contribution in [2.45, 2.75) is 32.3 Å². The summed E-state index contributed by atoms with van der Waals surface area (Å²) in [6, 6.07) is 7.75. The third kappa shape index (κ3) is 6.75. The summed E-state index contributed by atoms with van der Waals surface area (Å²) in [5, 5.41) is 13.0. The van der Waals surface area contributed by atoms with Gasteiger partial charge >= 0.3 is 0 Å². The van der Waals surface area contributed by atoms with E-state index in [1.165, 1.54) is 0 Å². The highest BCUT2D eigenvalue weighted by molar-refractivity contribution is 14.0. The monoisotopic (exact) mass is 474 g/mol. The largest absolute Gasteiger partial charge is 0.393 e. The molecule has 0 radical (unpaired) electrons. The van der Waals surface area contributed by atoms with E-state index in [1.54, 1.807) is 19.0 Å². The summed E-state index contributed by atoms with van der Waals surface area (Å²) in [7, 11) is 3.52. The fourth-order valence-electron chi connectivity index (χ4n) is 2.91. The molecule has 6 nitrogen and oxygen atoms in total. The quantitative estimate of drug-likeness (QED) is 0.389. The lowest BCUT2D eigenvalue weighted by Gasteiger charge is -2.32. The smallest absolute Gasteiger partial charge is 0.253 e. The van der Waals surface area contributed by atoms with Gasteiger partial charge in [-0.3, -0.25) is 9.79 Å². The molecular formula is C19H31IN4O2. The van der Waals surface area contributed by atoms with Crippen molar-refractivity contribution in [2.24, 2.45) is 4.99 Å². The van der Waals surface area contributed by atoms with E-state index in [2.05, 4.69) is 17.1 Å². The van der Waals surface area contributed by atoms with Crippen LogP contribution in [0.15, 0.2) is 29.3 Å². The van der Waals surface area contributed by atoms with E-state index < -0.39 is 0 Å². The first-order chi connectivity index (χ1) is 12.0. The molecular weight excluding hydrogens is 443 g/mol. The highest BCUT2D eigenvalue weighted by atomic mass is 127. The molecule has 0 saturated carbocycles. The molecule has 1 aromatic rings. The summed E-state index contributed by atoms with van der Waals surface area (Å²) >= 11 is 0. The molecule has 146 valence electrons. The van der Waals surface area contributed by atoms with E-state index >= 15 is 0 Å². The van der Waals surface area contributed by atoms with Crippen molar-refractivity contribution in [3.63, 3.8) is 0 Å². The van der Waals surface area contributed by atoms with Crippen LogP contribution in [0, 0.1) is 0 Å². The van der Waals surface area contributed by atoms with E-state index in [9.17, 15) is 9.90 Å². The minimum Gasteiger partial charge on any atom is -0.393 e. The molecule has 1 heterocycles. The van der Waals surface area contributed by atoms with E-state index in [0.29, 0.717) is 12.1 Å². The number of hydrogen-bond donors (Lipinski definition) is 2. The summed E-state index contributed by atoms with van der Waals surface area (Å²) in [6.45, 7) is 5.22. The van der Waals surface area contributed by atoms with Crippen molar-refractivity contribution in [2.75, 3.05) is 40.3 Å². The predicted octanol–water partition coefficient (Wildman–Crippen LogP) is 1.97. The molecule has 1 amide bonds. The molecule has 0 atom stereocenters. The van der Waals surface area contributed by atoms with Gasteiger partial charge in [-0.2, -0.15) is 0 Å². The Hall–Kier alpha value is -1.35. The molecule has 26 heavy (non-hydrogen) atoms. The van der Waals surface area contributed by atoms with Crippen LogP contribution >= 0.6 is 24.0 Å². The average molecular weight is 474 g/mol. The Labute approximate surface area is 173 Å². The summed E-state index contributed by atoms with van der Waals surface area (Å²) in [5.41, 5.74) is 1.82. The maximum atomic E-state index is 12.1. The Morgan fingerprint density at radius 1 is 1.35 bits per heavy atom. The number of benzene rings is 1. The number of halogens is 1. The maximum absolute atomic E-state index is 12.1. The molecule has 2 rings (SSSR count). The van der Waals surface area contributed by atoms with Gasteiger partial charge < -0.3 is 20.2 Å². The number of nitrogens with one attached hydrogen (secondary N) is 1. The number of carbonyl (C=O) groups is 1. The number of aliphatic hydroxyl groups excluding tert-OH is 1. The predicted molar refractivity (Wildman–Crippen MR) is 116 cm³/mol. The molecule has 1 aliphatic rings. The van der Waals surface area contributed by atoms with Gasteiger partial charge in [0, 0.05) is 45.8 Å². The fourth-order valence-corrected chi connectivity index (χ4v) is 2.91. The molecule has 0 unspecified atom stereocenters. The Balaban J connectivity index is 0.00000338. The van der Waals surface area contributed by atoms with Gasteiger partial charge in [-0.25, -0.2) is 0 Å². The Bertz CT molecular complexity index is 599. The van der Waals surface area contributed by atoms with Gasteiger partial charge in [0.1, 0.15) is 0 Å². The zero-order valence-corrected chi connectivity index (χ0v) is 18.3. The Kier molecular flexibility index (Phi) is 9.93. The molecule has 0 bridgehead atoms. The molecule has 7 heteroatoms. The Morgan fingerprint density at radius 2 is 2.04 bits per heavy atom. The molecule has 1 fully saturated rings.